The van der Waals surface area contributed by atoms with Gasteiger partial charge in [-0.2, -0.15) is 0 Å². The lowest BCUT2D eigenvalue weighted by Gasteiger charge is -2.07. The molecule has 0 spiro atoms. The second-order valence-corrected chi connectivity index (χ2v) is 4.62. The number of aromatic nitrogens is 2. The maximum atomic E-state index is 10.7. The fourth-order valence-corrected chi connectivity index (χ4v) is 1.96. The van der Waals surface area contributed by atoms with Crippen LogP contribution in [0.3, 0.4) is 0 Å². The number of anilines is 1. The lowest BCUT2D eigenvalue weighted by Crippen LogP contribution is -2.08. The number of aryl methyl sites for hydroxylation is 2. The number of nitrogens with zero attached hydrogens (tertiary/aromatic N) is 2. The fourth-order valence-electron chi connectivity index (χ4n) is 1.96. The predicted octanol–water partition coefficient (Wildman–Crippen LogP) is 2.45. The van der Waals surface area contributed by atoms with Crippen molar-refractivity contribution < 1.29 is 9.90 Å². The van der Waals surface area contributed by atoms with Gasteiger partial charge in [0.25, 0.3) is 0 Å². The summed E-state index contributed by atoms with van der Waals surface area (Å²) >= 11 is 0. The molecule has 0 aliphatic rings. The molecule has 0 atom stereocenters. The van der Waals surface area contributed by atoms with E-state index in [-0.39, 0.29) is 0 Å². The third-order valence-electron chi connectivity index (χ3n) is 2.89. The molecule has 5 heteroatoms. The highest BCUT2D eigenvalue weighted by Gasteiger charge is 2.02. The summed E-state index contributed by atoms with van der Waals surface area (Å²) in [4.78, 5) is 19.3. The van der Waals surface area contributed by atoms with Crippen molar-refractivity contribution in [2.75, 3.05) is 11.9 Å². The first-order valence-corrected chi connectivity index (χ1v) is 6.43. The van der Waals surface area contributed by atoms with Crippen LogP contribution in [0.1, 0.15) is 27.4 Å². The van der Waals surface area contributed by atoms with Crippen LogP contribution in [0.15, 0.2) is 30.3 Å². The standard InChI is InChI=1S/C15H17N3O2/c1-10-9-14(18-11(2)17-10)16-8-7-12-3-5-13(6-4-12)15(19)20/h3-6,9H,7-8H2,1-2H3,(H,19,20)(H,16,17,18). The highest BCUT2D eigenvalue weighted by Crippen LogP contribution is 2.08. The van der Waals surface area contributed by atoms with Gasteiger partial charge >= 0.3 is 5.97 Å². The lowest BCUT2D eigenvalue weighted by atomic mass is 10.1. The zero-order chi connectivity index (χ0) is 14.5. The summed E-state index contributed by atoms with van der Waals surface area (Å²) in [6, 6.07) is 8.82. The van der Waals surface area contributed by atoms with E-state index in [1.807, 2.05) is 32.0 Å². The van der Waals surface area contributed by atoms with E-state index in [0.717, 1.165) is 35.9 Å². The minimum Gasteiger partial charge on any atom is -0.478 e. The highest BCUT2D eigenvalue weighted by molar-refractivity contribution is 5.87. The summed E-state index contributed by atoms with van der Waals surface area (Å²) in [6.45, 7) is 4.54. The minimum absolute atomic E-state index is 0.309. The molecule has 0 fully saturated rings. The van der Waals surface area contributed by atoms with Gasteiger partial charge < -0.3 is 10.4 Å². The van der Waals surface area contributed by atoms with Gasteiger partial charge in [-0.05, 0) is 38.0 Å². The van der Waals surface area contributed by atoms with Crippen LogP contribution in [0.5, 0.6) is 0 Å². The van der Waals surface area contributed by atoms with E-state index >= 15 is 0 Å². The van der Waals surface area contributed by atoms with Crippen LogP contribution in [0, 0.1) is 13.8 Å². The van der Waals surface area contributed by atoms with Crippen molar-refractivity contribution in [3.63, 3.8) is 0 Å². The molecule has 5 nitrogen and oxygen atoms in total. The molecule has 104 valence electrons. The van der Waals surface area contributed by atoms with Gasteiger partial charge in [-0.3, -0.25) is 0 Å². The molecular weight excluding hydrogens is 254 g/mol. The summed E-state index contributed by atoms with van der Waals surface area (Å²) < 4.78 is 0. The smallest absolute Gasteiger partial charge is 0.335 e. The average Bonchev–Trinajstić information content (AvgIpc) is 2.38. The molecule has 0 saturated heterocycles. The molecule has 2 aromatic rings. The quantitative estimate of drug-likeness (QED) is 0.873. The number of nitrogens with one attached hydrogen (secondary N) is 1. The maximum absolute atomic E-state index is 10.7. The van der Waals surface area contributed by atoms with E-state index < -0.39 is 5.97 Å². The van der Waals surface area contributed by atoms with Crippen molar-refractivity contribution in [2.45, 2.75) is 20.3 Å². The number of carbonyl (C=O) groups is 1. The Labute approximate surface area is 117 Å². The van der Waals surface area contributed by atoms with Crippen LogP contribution >= 0.6 is 0 Å². The Bertz CT molecular complexity index is 589. The Kier molecular flexibility index (Phi) is 4.30. The topological polar surface area (TPSA) is 75.1 Å². The van der Waals surface area contributed by atoms with E-state index in [0.29, 0.717) is 5.56 Å². The Morgan fingerprint density at radius 1 is 1.20 bits per heavy atom. The minimum atomic E-state index is -0.901. The Hall–Kier alpha value is -2.43. The van der Waals surface area contributed by atoms with Crippen molar-refractivity contribution in [1.82, 2.24) is 9.97 Å². The van der Waals surface area contributed by atoms with Gasteiger partial charge in [-0.1, -0.05) is 12.1 Å². The molecular formula is C15H17N3O2. The molecule has 20 heavy (non-hydrogen) atoms. The first kappa shape index (κ1) is 14.0. The molecule has 0 aliphatic carbocycles. The fraction of sp³-hybridized carbons (Fsp3) is 0.267. The normalized spacial score (nSPS) is 10.3. The van der Waals surface area contributed by atoms with Crippen molar-refractivity contribution in [3.8, 4) is 0 Å². The first-order valence-electron chi connectivity index (χ1n) is 6.43. The lowest BCUT2D eigenvalue weighted by molar-refractivity contribution is 0.0697. The molecule has 0 radical (unpaired) electrons. The molecule has 1 heterocycles. The number of carboxylic acids is 1. The number of hydrogen-bond donors (Lipinski definition) is 2. The SMILES string of the molecule is Cc1cc(NCCc2ccc(C(=O)O)cc2)nc(C)n1. The van der Waals surface area contributed by atoms with Crippen LogP contribution < -0.4 is 5.32 Å². The number of aromatic carboxylic acids is 1. The Morgan fingerprint density at radius 3 is 2.50 bits per heavy atom. The van der Waals surface area contributed by atoms with E-state index in [1.165, 1.54) is 0 Å². The second-order valence-electron chi connectivity index (χ2n) is 4.62. The van der Waals surface area contributed by atoms with Crippen LogP contribution in [-0.2, 0) is 6.42 Å². The van der Waals surface area contributed by atoms with Crippen molar-refractivity contribution in [1.29, 1.82) is 0 Å². The van der Waals surface area contributed by atoms with Crippen molar-refractivity contribution >= 4 is 11.8 Å². The van der Waals surface area contributed by atoms with Gasteiger partial charge in [-0.15, -0.1) is 0 Å². The predicted molar refractivity (Wildman–Crippen MR) is 77.1 cm³/mol. The Balaban J connectivity index is 1.90. The monoisotopic (exact) mass is 271 g/mol. The van der Waals surface area contributed by atoms with Crippen LogP contribution in [-0.4, -0.2) is 27.6 Å². The Morgan fingerprint density at radius 2 is 1.90 bits per heavy atom. The van der Waals surface area contributed by atoms with Gasteiger partial charge in [0, 0.05) is 18.3 Å². The maximum Gasteiger partial charge on any atom is 0.335 e. The van der Waals surface area contributed by atoms with E-state index in [1.54, 1.807) is 12.1 Å². The van der Waals surface area contributed by atoms with Gasteiger partial charge in [0.05, 0.1) is 5.56 Å². The van der Waals surface area contributed by atoms with Crippen LogP contribution in [0.4, 0.5) is 5.82 Å². The van der Waals surface area contributed by atoms with Gasteiger partial charge in [0.1, 0.15) is 11.6 Å². The molecule has 0 bridgehead atoms. The summed E-state index contributed by atoms with van der Waals surface area (Å²) in [5.41, 5.74) is 2.33. The summed E-state index contributed by atoms with van der Waals surface area (Å²) in [5.74, 6) is 0.664. The molecule has 1 aromatic heterocycles. The van der Waals surface area contributed by atoms with Crippen molar-refractivity contribution in [3.05, 3.63) is 53.0 Å². The van der Waals surface area contributed by atoms with E-state index in [4.69, 9.17) is 5.11 Å². The molecule has 2 rings (SSSR count). The average molecular weight is 271 g/mol. The number of benzene rings is 1. The molecule has 1 aromatic carbocycles. The van der Waals surface area contributed by atoms with Gasteiger partial charge in [0.2, 0.25) is 0 Å². The summed E-state index contributed by atoms with van der Waals surface area (Å²) in [5, 5.41) is 12.1. The largest absolute Gasteiger partial charge is 0.478 e. The third kappa shape index (κ3) is 3.78. The number of hydrogen-bond acceptors (Lipinski definition) is 4. The molecule has 0 amide bonds. The summed E-state index contributed by atoms with van der Waals surface area (Å²) in [6.07, 6.45) is 0.808. The van der Waals surface area contributed by atoms with Gasteiger partial charge in [0.15, 0.2) is 0 Å². The number of carboxylic acid groups (broad SMARTS) is 1. The van der Waals surface area contributed by atoms with Gasteiger partial charge in [-0.25, -0.2) is 14.8 Å². The molecule has 0 aliphatic heterocycles. The molecule has 0 saturated carbocycles. The van der Waals surface area contributed by atoms with Crippen LogP contribution in [0.2, 0.25) is 0 Å². The van der Waals surface area contributed by atoms with E-state index in [2.05, 4.69) is 15.3 Å². The number of rotatable bonds is 5. The highest BCUT2D eigenvalue weighted by atomic mass is 16.4. The van der Waals surface area contributed by atoms with Crippen molar-refractivity contribution in [2.24, 2.45) is 0 Å². The first-order chi connectivity index (χ1) is 9.54. The summed E-state index contributed by atoms with van der Waals surface area (Å²) in [7, 11) is 0. The van der Waals surface area contributed by atoms with E-state index in [9.17, 15) is 4.79 Å². The molecule has 2 N–H and O–H groups in total. The van der Waals surface area contributed by atoms with Crippen LogP contribution in [0.25, 0.3) is 0 Å². The zero-order valence-corrected chi connectivity index (χ0v) is 11.6. The molecule has 0 unspecified atom stereocenters. The zero-order valence-electron chi connectivity index (χ0n) is 11.6. The third-order valence-corrected chi connectivity index (χ3v) is 2.89. The second kappa shape index (κ2) is 6.14.